The molecule has 0 spiro atoms. The highest BCUT2D eigenvalue weighted by Crippen LogP contribution is 2.31. The van der Waals surface area contributed by atoms with E-state index in [-0.39, 0.29) is 0 Å². The summed E-state index contributed by atoms with van der Waals surface area (Å²) in [5.74, 6) is 1.00. The number of benzene rings is 2. The molecule has 1 aliphatic carbocycles. The summed E-state index contributed by atoms with van der Waals surface area (Å²) in [5.41, 5.74) is 6.75. The van der Waals surface area contributed by atoms with Gasteiger partial charge < -0.3 is 10.6 Å². The second-order valence-corrected chi connectivity index (χ2v) is 9.23. The molecule has 2 aromatic carbocycles. The minimum atomic E-state index is -3.54. The molecule has 26 heavy (non-hydrogen) atoms. The fraction of sp³-hybridized carbons (Fsp3) is 0.500. The number of nitrogens with one attached hydrogen (secondary N) is 1. The van der Waals surface area contributed by atoms with Crippen LogP contribution in [-0.4, -0.2) is 35.6 Å². The van der Waals surface area contributed by atoms with Crippen molar-refractivity contribution in [2.75, 3.05) is 32.1 Å². The molecular weight excluding hydrogens is 346 g/mol. The third-order valence-electron chi connectivity index (χ3n) is 5.49. The van der Waals surface area contributed by atoms with Crippen molar-refractivity contribution in [1.29, 1.82) is 0 Å². The lowest BCUT2D eigenvalue weighted by Gasteiger charge is -2.27. The number of nitrogens with zero attached hydrogens (tertiary/aromatic N) is 1. The number of hydrogen-bond acceptors (Lipinski definition) is 4. The van der Waals surface area contributed by atoms with Crippen molar-refractivity contribution in [3.05, 3.63) is 36.4 Å². The van der Waals surface area contributed by atoms with Crippen molar-refractivity contribution in [2.24, 2.45) is 17.6 Å². The van der Waals surface area contributed by atoms with Gasteiger partial charge in [0.25, 0.3) is 0 Å². The molecule has 0 aliphatic heterocycles. The molecule has 1 aliphatic rings. The lowest BCUT2D eigenvalue weighted by molar-refractivity contribution is 0.280. The predicted octanol–water partition coefficient (Wildman–Crippen LogP) is 2.95. The normalized spacial score (nSPS) is 21.0. The maximum atomic E-state index is 12.9. The Labute approximate surface area is 156 Å². The molecule has 1 saturated carbocycles. The number of nitrogens with two attached hydrogens (primary N) is 1. The first-order chi connectivity index (χ1) is 12.4. The largest absolute Gasteiger partial charge is 0.377 e. The third kappa shape index (κ3) is 4.03. The van der Waals surface area contributed by atoms with E-state index in [4.69, 9.17) is 5.73 Å². The van der Waals surface area contributed by atoms with Crippen LogP contribution in [0.3, 0.4) is 0 Å². The fourth-order valence-corrected chi connectivity index (χ4v) is 5.20. The smallest absolute Gasteiger partial charge is 0.241 e. The van der Waals surface area contributed by atoms with Crippen LogP contribution in [0.4, 0.5) is 5.69 Å². The number of rotatable bonds is 6. The summed E-state index contributed by atoms with van der Waals surface area (Å²) in [6, 6.07) is 11.3. The maximum absolute atomic E-state index is 12.9. The van der Waals surface area contributed by atoms with Gasteiger partial charge in [0.15, 0.2) is 0 Å². The Morgan fingerprint density at radius 1 is 1.00 bits per heavy atom. The molecule has 0 aromatic heterocycles. The van der Waals surface area contributed by atoms with Gasteiger partial charge >= 0.3 is 0 Å². The Balaban J connectivity index is 1.80. The summed E-state index contributed by atoms with van der Waals surface area (Å²) in [7, 11) is 0.387. The van der Waals surface area contributed by atoms with Crippen LogP contribution < -0.4 is 15.4 Å². The molecule has 1 fully saturated rings. The Bertz CT molecular complexity index is 856. The minimum absolute atomic E-state index is 0.356. The van der Waals surface area contributed by atoms with Gasteiger partial charge in [0.2, 0.25) is 10.0 Å². The summed E-state index contributed by atoms with van der Waals surface area (Å²) in [4.78, 5) is 2.36. The monoisotopic (exact) mass is 375 g/mol. The van der Waals surface area contributed by atoms with Crippen molar-refractivity contribution in [1.82, 2.24) is 4.72 Å². The highest BCUT2D eigenvalue weighted by molar-refractivity contribution is 7.89. The number of hydrogen-bond donors (Lipinski definition) is 2. The van der Waals surface area contributed by atoms with Gasteiger partial charge in [0.05, 0.1) is 4.90 Å². The van der Waals surface area contributed by atoms with Gasteiger partial charge in [-0.15, -0.1) is 0 Å². The molecule has 6 heteroatoms. The molecule has 0 radical (unpaired) electrons. The first-order valence-electron chi connectivity index (χ1n) is 9.31. The SMILES string of the molecule is CN(C)c1cccc2c(S(=O)(=O)NCC3CCC(CN)CC3)cccc12. The molecule has 0 bridgehead atoms. The first kappa shape index (κ1) is 19.1. The van der Waals surface area contributed by atoms with E-state index in [2.05, 4.69) is 4.72 Å². The molecule has 0 unspecified atom stereocenters. The zero-order valence-electron chi connectivity index (χ0n) is 15.6. The summed E-state index contributed by atoms with van der Waals surface area (Å²) in [6.07, 6.45) is 4.29. The van der Waals surface area contributed by atoms with E-state index in [0.717, 1.165) is 48.7 Å². The molecule has 0 atom stereocenters. The van der Waals surface area contributed by atoms with E-state index >= 15 is 0 Å². The maximum Gasteiger partial charge on any atom is 0.241 e. The van der Waals surface area contributed by atoms with Crippen molar-refractivity contribution in [2.45, 2.75) is 30.6 Å². The number of sulfonamides is 1. The standard InChI is InChI=1S/C20H29N3O2S/c1-23(2)19-7-3-6-18-17(19)5-4-8-20(18)26(24,25)22-14-16-11-9-15(13-21)10-12-16/h3-8,15-16,22H,9-14,21H2,1-2H3. The molecular formula is C20H29N3O2S. The summed E-state index contributed by atoms with van der Waals surface area (Å²) in [6.45, 7) is 1.24. The molecule has 5 nitrogen and oxygen atoms in total. The zero-order chi connectivity index (χ0) is 18.7. The number of fused-ring (bicyclic) bond motifs is 1. The summed E-state index contributed by atoms with van der Waals surface area (Å²) >= 11 is 0. The van der Waals surface area contributed by atoms with E-state index in [1.54, 1.807) is 6.07 Å². The Morgan fingerprint density at radius 2 is 1.62 bits per heavy atom. The van der Waals surface area contributed by atoms with Crippen LogP contribution in [0.25, 0.3) is 10.8 Å². The van der Waals surface area contributed by atoms with Gasteiger partial charge in [-0.05, 0) is 56.2 Å². The second kappa shape index (κ2) is 7.94. The molecule has 3 rings (SSSR count). The van der Waals surface area contributed by atoms with Crippen molar-refractivity contribution >= 4 is 26.5 Å². The van der Waals surface area contributed by atoms with E-state index in [9.17, 15) is 8.42 Å². The van der Waals surface area contributed by atoms with Crippen molar-refractivity contribution in [3.63, 3.8) is 0 Å². The lowest BCUT2D eigenvalue weighted by atomic mass is 9.82. The number of anilines is 1. The van der Waals surface area contributed by atoms with Crippen LogP contribution in [0.15, 0.2) is 41.3 Å². The molecule has 0 amide bonds. The van der Waals surface area contributed by atoms with Crippen LogP contribution >= 0.6 is 0 Å². The molecule has 0 saturated heterocycles. The van der Waals surface area contributed by atoms with E-state index in [1.165, 1.54) is 0 Å². The quantitative estimate of drug-likeness (QED) is 0.814. The summed E-state index contributed by atoms with van der Waals surface area (Å²) in [5, 5.41) is 1.71. The highest BCUT2D eigenvalue weighted by atomic mass is 32.2. The van der Waals surface area contributed by atoms with Crippen molar-refractivity contribution in [3.8, 4) is 0 Å². The van der Waals surface area contributed by atoms with Gasteiger partial charge in [-0.3, -0.25) is 0 Å². The Morgan fingerprint density at radius 3 is 2.27 bits per heavy atom. The van der Waals surface area contributed by atoms with Gasteiger partial charge in [-0.2, -0.15) is 0 Å². The highest BCUT2D eigenvalue weighted by Gasteiger charge is 2.23. The second-order valence-electron chi connectivity index (χ2n) is 7.50. The molecule has 0 heterocycles. The topological polar surface area (TPSA) is 75.4 Å². The molecule has 142 valence electrons. The van der Waals surface area contributed by atoms with Crippen LogP contribution in [0.5, 0.6) is 0 Å². The Hall–Kier alpha value is -1.63. The van der Waals surface area contributed by atoms with Crippen LogP contribution in [0.2, 0.25) is 0 Å². The Kier molecular flexibility index (Phi) is 5.85. The molecule has 3 N–H and O–H groups in total. The fourth-order valence-electron chi connectivity index (χ4n) is 3.87. The van der Waals surface area contributed by atoms with E-state index < -0.39 is 10.0 Å². The summed E-state index contributed by atoms with van der Waals surface area (Å²) < 4.78 is 28.7. The zero-order valence-corrected chi connectivity index (χ0v) is 16.4. The van der Waals surface area contributed by atoms with Crippen molar-refractivity contribution < 1.29 is 8.42 Å². The van der Waals surface area contributed by atoms with E-state index in [1.807, 2.05) is 49.3 Å². The van der Waals surface area contributed by atoms with E-state index in [0.29, 0.717) is 23.3 Å². The van der Waals surface area contributed by atoms with Gasteiger partial charge in [0.1, 0.15) is 0 Å². The van der Waals surface area contributed by atoms with Gasteiger partial charge in [-0.25, -0.2) is 13.1 Å². The average molecular weight is 376 g/mol. The van der Waals surface area contributed by atoms with Crippen LogP contribution in [0.1, 0.15) is 25.7 Å². The average Bonchev–Trinajstić information content (AvgIpc) is 2.65. The molecule has 2 aromatic rings. The van der Waals surface area contributed by atoms with Gasteiger partial charge in [-0.1, -0.05) is 24.3 Å². The van der Waals surface area contributed by atoms with Gasteiger partial charge in [0, 0.05) is 37.1 Å². The minimum Gasteiger partial charge on any atom is -0.377 e. The lowest BCUT2D eigenvalue weighted by Crippen LogP contribution is -2.32. The third-order valence-corrected chi connectivity index (χ3v) is 6.97. The first-order valence-corrected chi connectivity index (χ1v) is 10.8. The predicted molar refractivity (Wildman–Crippen MR) is 108 cm³/mol. The van der Waals surface area contributed by atoms with Crippen LogP contribution in [-0.2, 0) is 10.0 Å². The van der Waals surface area contributed by atoms with Crippen LogP contribution in [0, 0.1) is 11.8 Å².